The van der Waals surface area contributed by atoms with E-state index in [0.717, 1.165) is 22.2 Å². The maximum atomic E-state index is 12.2. The molecule has 0 saturated carbocycles. The zero-order valence-corrected chi connectivity index (χ0v) is 16.6. The van der Waals surface area contributed by atoms with E-state index in [9.17, 15) is 4.79 Å². The molecule has 1 amide bonds. The number of H-pyrrole nitrogens is 1. The van der Waals surface area contributed by atoms with Crippen LogP contribution in [0.4, 0.5) is 0 Å². The fraction of sp³-hybridized carbons (Fsp3) is 0.190. The molecule has 0 spiro atoms. The van der Waals surface area contributed by atoms with Gasteiger partial charge in [-0.15, -0.1) is 10.2 Å². The first-order valence-corrected chi connectivity index (χ1v) is 10.4. The number of carbonyl (C=O) groups is 1. The number of hydrogen-bond acceptors (Lipinski definition) is 7. The number of para-hydroxylation sites is 3. The van der Waals surface area contributed by atoms with Crippen molar-refractivity contribution >= 4 is 28.6 Å². The molecule has 2 aromatic heterocycles. The van der Waals surface area contributed by atoms with Crippen LogP contribution in [0, 0.1) is 0 Å². The Hall–Kier alpha value is -3.46. The SMILES string of the molecule is O=C(CSc1nnc(-c2c[nH]c3ccccc23)o1)NCC1COc2ccccc2O1. The van der Waals surface area contributed by atoms with Crippen LogP contribution in [0.25, 0.3) is 22.4 Å². The van der Waals surface area contributed by atoms with Crippen molar-refractivity contribution in [2.24, 2.45) is 0 Å². The van der Waals surface area contributed by atoms with Gasteiger partial charge in [0.15, 0.2) is 11.5 Å². The van der Waals surface area contributed by atoms with Crippen LogP contribution in [0.3, 0.4) is 0 Å². The number of aromatic nitrogens is 3. The van der Waals surface area contributed by atoms with E-state index in [-0.39, 0.29) is 17.8 Å². The number of nitrogens with one attached hydrogen (secondary N) is 2. The highest BCUT2D eigenvalue weighted by Crippen LogP contribution is 2.31. The van der Waals surface area contributed by atoms with E-state index >= 15 is 0 Å². The van der Waals surface area contributed by atoms with Crippen LogP contribution in [0.5, 0.6) is 11.5 Å². The Kier molecular flexibility index (Phi) is 5.02. The summed E-state index contributed by atoms with van der Waals surface area (Å²) < 4.78 is 17.2. The van der Waals surface area contributed by atoms with E-state index < -0.39 is 0 Å². The van der Waals surface area contributed by atoms with Crippen LogP contribution >= 0.6 is 11.8 Å². The smallest absolute Gasteiger partial charge is 0.277 e. The van der Waals surface area contributed by atoms with E-state index in [0.29, 0.717) is 30.0 Å². The first kappa shape index (κ1) is 18.6. The Morgan fingerprint density at radius 1 is 1.13 bits per heavy atom. The van der Waals surface area contributed by atoms with Crippen molar-refractivity contribution in [3.63, 3.8) is 0 Å². The summed E-state index contributed by atoms with van der Waals surface area (Å²) >= 11 is 1.19. The number of thioether (sulfide) groups is 1. The molecule has 9 heteroatoms. The molecule has 5 rings (SSSR count). The van der Waals surface area contributed by atoms with Crippen LogP contribution in [0.2, 0.25) is 0 Å². The summed E-state index contributed by atoms with van der Waals surface area (Å²) in [7, 11) is 0. The van der Waals surface area contributed by atoms with Crippen molar-refractivity contribution in [2.75, 3.05) is 18.9 Å². The van der Waals surface area contributed by atoms with Gasteiger partial charge in [0, 0.05) is 17.1 Å². The molecule has 0 radical (unpaired) electrons. The van der Waals surface area contributed by atoms with Gasteiger partial charge in [-0.25, -0.2) is 0 Å². The zero-order valence-electron chi connectivity index (χ0n) is 15.8. The molecule has 0 bridgehead atoms. The maximum absolute atomic E-state index is 12.2. The van der Waals surface area contributed by atoms with E-state index in [1.807, 2.05) is 54.7 Å². The Balaban J connectivity index is 1.13. The van der Waals surface area contributed by atoms with Crippen LogP contribution in [0.1, 0.15) is 0 Å². The van der Waals surface area contributed by atoms with Crippen molar-refractivity contribution in [3.05, 3.63) is 54.7 Å². The lowest BCUT2D eigenvalue weighted by molar-refractivity contribution is -0.119. The van der Waals surface area contributed by atoms with E-state index in [1.165, 1.54) is 11.8 Å². The summed E-state index contributed by atoms with van der Waals surface area (Å²) in [6.07, 6.45) is 1.61. The highest BCUT2D eigenvalue weighted by molar-refractivity contribution is 7.99. The third-order valence-electron chi connectivity index (χ3n) is 4.65. The molecule has 2 N–H and O–H groups in total. The Bertz CT molecular complexity index is 1190. The number of aromatic amines is 1. The molecule has 30 heavy (non-hydrogen) atoms. The number of benzene rings is 2. The van der Waals surface area contributed by atoms with Crippen molar-refractivity contribution in [2.45, 2.75) is 11.3 Å². The number of nitrogens with zero attached hydrogens (tertiary/aromatic N) is 2. The maximum Gasteiger partial charge on any atom is 0.277 e. The molecule has 2 aromatic carbocycles. The number of carbonyl (C=O) groups excluding carboxylic acids is 1. The molecule has 8 nitrogen and oxygen atoms in total. The predicted octanol–water partition coefficient (Wildman–Crippen LogP) is 3.27. The standard InChI is InChI=1S/C21H18N4O4S/c26-19(23-9-13-11-27-17-7-3-4-8-18(17)28-13)12-30-21-25-24-20(29-21)15-10-22-16-6-2-1-5-14(15)16/h1-8,10,13,22H,9,11-12H2,(H,23,26). The lowest BCUT2D eigenvalue weighted by atomic mass is 10.2. The molecular weight excluding hydrogens is 404 g/mol. The second-order valence-electron chi connectivity index (χ2n) is 6.71. The molecule has 3 heterocycles. The number of ether oxygens (including phenoxy) is 2. The minimum absolute atomic E-state index is 0.144. The van der Waals surface area contributed by atoms with E-state index in [1.54, 1.807) is 0 Å². The van der Waals surface area contributed by atoms with Crippen molar-refractivity contribution in [3.8, 4) is 23.0 Å². The van der Waals surface area contributed by atoms with Gasteiger partial charge in [-0.1, -0.05) is 42.1 Å². The summed E-state index contributed by atoms with van der Waals surface area (Å²) in [4.78, 5) is 15.4. The summed E-state index contributed by atoms with van der Waals surface area (Å²) in [5.41, 5.74) is 1.83. The lowest BCUT2D eigenvalue weighted by Gasteiger charge is -2.26. The third-order valence-corrected chi connectivity index (χ3v) is 5.47. The van der Waals surface area contributed by atoms with Crippen LogP contribution < -0.4 is 14.8 Å². The summed E-state index contributed by atoms with van der Waals surface area (Å²) in [5.74, 6) is 1.85. The molecule has 4 aromatic rings. The predicted molar refractivity (Wildman–Crippen MR) is 112 cm³/mol. The van der Waals surface area contributed by atoms with Gasteiger partial charge >= 0.3 is 0 Å². The highest BCUT2D eigenvalue weighted by Gasteiger charge is 2.21. The van der Waals surface area contributed by atoms with Gasteiger partial charge < -0.3 is 24.2 Å². The van der Waals surface area contributed by atoms with Gasteiger partial charge in [-0.3, -0.25) is 4.79 Å². The minimum atomic E-state index is -0.231. The second kappa shape index (κ2) is 8.11. The molecule has 152 valence electrons. The van der Waals surface area contributed by atoms with Crippen molar-refractivity contribution < 1.29 is 18.7 Å². The molecule has 0 fully saturated rings. The molecule has 1 unspecified atom stereocenters. The van der Waals surface area contributed by atoms with Crippen molar-refractivity contribution in [1.82, 2.24) is 20.5 Å². The zero-order chi connectivity index (χ0) is 20.3. The van der Waals surface area contributed by atoms with E-state index in [4.69, 9.17) is 13.9 Å². The lowest BCUT2D eigenvalue weighted by Crippen LogP contribution is -2.41. The van der Waals surface area contributed by atoms with Gasteiger partial charge in [0.1, 0.15) is 12.7 Å². The fourth-order valence-electron chi connectivity index (χ4n) is 3.20. The average Bonchev–Trinajstić information content (AvgIpc) is 3.43. The second-order valence-corrected chi connectivity index (χ2v) is 7.64. The van der Waals surface area contributed by atoms with E-state index in [2.05, 4.69) is 20.5 Å². The third kappa shape index (κ3) is 3.84. The highest BCUT2D eigenvalue weighted by atomic mass is 32.2. The number of rotatable bonds is 6. The average molecular weight is 422 g/mol. The Morgan fingerprint density at radius 3 is 2.90 bits per heavy atom. The molecule has 1 aliphatic rings. The largest absolute Gasteiger partial charge is 0.486 e. The molecule has 0 aliphatic carbocycles. The molecular formula is C21H18N4O4S. The number of hydrogen-bond donors (Lipinski definition) is 2. The van der Waals surface area contributed by atoms with Gasteiger partial charge in [0.2, 0.25) is 5.91 Å². The number of fused-ring (bicyclic) bond motifs is 2. The first-order valence-electron chi connectivity index (χ1n) is 9.44. The van der Waals surface area contributed by atoms with Gasteiger partial charge in [0.25, 0.3) is 11.1 Å². The monoisotopic (exact) mass is 422 g/mol. The Morgan fingerprint density at radius 2 is 1.97 bits per heavy atom. The minimum Gasteiger partial charge on any atom is -0.486 e. The van der Waals surface area contributed by atoms with Crippen LogP contribution in [-0.4, -0.2) is 46.1 Å². The van der Waals surface area contributed by atoms with Crippen LogP contribution in [0.15, 0.2) is 64.4 Å². The van der Waals surface area contributed by atoms with Gasteiger partial charge in [-0.2, -0.15) is 0 Å². The first-order chi connectivity index (χ1) is 14.8. The fourth-order valence-corrected chi connectivity index (χ4v) is 3.79. The van der Waals surface area contributed by atoms with Crippen molar-refractivity contribution in [1.29, 1.82) is 0 Å². The molecule has 1 atom stereocenters. The summed E-state index contributed by atoms with van der Waals surface area (Å²) in [6, 6.07) is 15.4. The number of amides is 1. The van der Waals surface area contributed by atoms with Gasteiger partial charge in [-0.05, 0) is 18.2 Å². The molecule has 1 aliphatic heterocycles. The normalized spacial score (nSPS) is 15.3. The molecule has 0 saturated heterocycles. The Labute approximate surface area is 176 Å². The topological polar surface area (TPSA) is 102 Å². The quantitative estimate of drug-likeness (QED) is 0.460. The summed E-state index contributed by atoms with van der Waals surface area (Å²) in [5, 5.41) is 12.3. The van der Waals surface area contributed by atoms with Gasteiger partial charge in [0.05, 0.1) is 17.9 Å². The van der Waals surface area contributed by atoms with Crippen LogP contribution in [-0.2, 0) is 4.79 Å². The summed E-state index contributed by atoms with van der Waals surface area (Å²) in [6.45, 7) is 0.750.